The summed E-state index contributed by atoms with van der Waals surface area (Å²) in [6.45, 7) is 0. The highest BCUT2D eigenvalue weighted by Gasteiger charge is 2.24. The fourth-order valence-corrected chi connectivity index (χ4v) is 11.7. The maximum atomic E-state index is 12.5. The molecule has 1 aliphatic carbocycles. The standard InChI is InChI=1S/C54H36N24O6S6/c79-43-25-1-26-8-38(62-74-50-68-56-20-86-50)10-28(44(26)80)3-30-12-40(64-76-52-70-58-22-88-52)14-32(46(30)82)5-34-16-42(66-78-54-72-60-24-90-54)18-36(48(34)84)6-35-17-41(65-77-53-71-59-23-89-53)15-33(47(35)83)4-31-13-39(63-75-51-69-57-21-87-51)11-29(45(31)81)2-27(43)9-37(7-25)61-73-49-67-55-19-85-49/h7-24,79-84H,1-6H2. The SMILES string of the molecule is Oc1c2cc(N=Nc3nncs3)cc1Cc1cc(N=Nc3nncs3)cc(c1O)Cc1cc(N=Nc3nncs3)cc(c1O)Cc1cc(N=Nc3nncs3)cc(c1O)Cc1cc(N=Nc3nncs3)cc(c1O)Cc1cc(N=Nc3nncs3)cc(c1O)C2. The zero-order valence-electron chi connectivity index (χ0n) is 45.5. The van der Waals surface area contributed by atoms with Crippen LogP contribution in [0.4, 0.5) is 64.9 Å². The summed E-state index contributed by atoms with van der Waals surface area (Å²) in [4.78, 5) is 0. The molecular formula is C54H36N24O6S6. The first-order valence-electron chi connectivity index (χ1n) is 26.1. The van der Waals surface area contributed by atoms with Crippen molar-refractivity contribution in [2.24, 2.45) is 61.4 Å². The second-order valence-corrected chi connectivity index (χ2v) is 24.1. The van der Waals surface area contributed by atoms with Gasteiger partial charge in [0.05, 0.1) is 34.1 Å². The zero-order valence-corrected chi connectivity index (χ0v) is 50.4. The molecular weight excluding hydrogens is 1270 g/mol. The van der Waals surface area contributed by atoms with Crippen molar-refractivity contribution in [2.75, 3.05) is 0 Å². The third-order valence-electron chi connectivity index (χ3n) is 13.4. The molecule has 90 heavy (non-hydrogen) atoms. The molecule has 0 saturated carbocycles. The van der Waals surface area contributed by atoms with Gasteiger partial charge in [0.15, 0.2) is 0 Å². The van der Waals surface area contributed by atoms with Gasteiger partial charge in [0.2, 0.25) is 0 Å². The summed E-state index contributed by atoms with van der Waals surface area (Å²) >= 11 is 6.91. The van der Waals surface area contributed by atoms with Crippen molar-refractivity contribution in [2.45, 2.75) is 38.5 Å². The Morgan fingerprint density at radius 3 is 0.456 bits per heavy atom. The van der Waals surface area contributed by atoms with E-state index in [2.05, 4.69) is 123 Å². The normalized spacial score (nSPS) is 13.1. The quantitative estimate of drug-likeness (QED) is 0.0619. The van der Waals surface area contributed by atoms with E-state index < -0.39 is 0 Å². The molecule has 0 radical (unpaired) electrons. The third-order valence-corrected chi connectivity index (χ3v) is 16.8. The van der Waals surface area contributed by atoms with E-state index in [0.717, 1.165) is 68.0 Å². The van der Waals surface area contributed by atoms with Gasteiger partial charge in [-0.05, 0) is 72.8 Å². The number of hydrogen-bond acceptors (Lipinski definition) is 36. The van der Waals surface area contributed by atoms with Gasteiger partial charge in [-0.2, -0.15) is 0 Å². The Hall–Kier alpha value is -10.9. The van der Waals surface area contributed by atoms with E-state index in [0.29, 0.717) is 0 Å². The third kappa shape index (κ3) is 13.6. The Bertz CT molecular complexity index is 3850. The molecule has 444 valence electrons. The Morgan fingerprint density at radius 1 is 0.211 bits per heavy atom. The van der Waals surface area contributed by atoms with Crippen molar-refractivity contribution in [3.05, 3.63) is 173 Å². The van der Waals surface area contributed by atoms with E-state index in [9.17, 15) is 30.6 Å². The maximum absolute atomic E-state index is 12.5. The number of fused-ring (bicyclic) bond motifs is 12. The molecule has 6 N–H and O–H groups in total. The summed E-state index contributed by atoms with van der Waals surface area (Å²) in [5.74, 6) is -1.38. The predicted molar refractivity (Wildman–Crippen MR) is 330 cm³/mol. The Kier molecular flexibility index (Phi) is 16.9. The van der Waals surface area contributed by atoms with Crippen molar-refractivity contribution >= 4 is 133 Å². The Balaban J connectivity index is 1.03. The second kappa shape index (κ2) is 26.2. The Morgan fingerprint density at radius 2 is 0.344 bits per heavy atom. The van der Waals surface area contributed by atoms with E-state index >= 15 is 0 Å². The van der Waals surface area contributed by atoms with Gasteiger partial charge in [-0.25, -0.2) is 0 Å². The highest BCUT2D eigenvalue weighted by Crippen LogP contribution is 2.45. The maximum Gasteiger partial charge on any atom is 0.251 e. The Labute approximate surface area is 528 Å². The van der Waals surface area contributed by atoms with Gasteiger partial charge < -0.3 is 30.6 Å². The molecule has 6 heterocycles. The van der Waals surface area contributed by atoms with Crippen LogP contribution in [-0.4, -0.2) is 91.8 Å². The summed E-state index contributed by atoms with van der Waals surface area (Å²) in [6, 6.07) is 19.1. The first kappa shape index (κ1) is 58.1. The van der Waals surface area contributed by atoms with E-state index in [4.69, 9.17) is 0 Å². The lowest BCUT2D eigenvalue weighted by molar-refractivity contribution is 0.451. The molecule has 0 aliphatic heterocycles. The monoisotopic (exact) mass is 1310 g/mol. The minimum Gasteiger partial charge on any atom is -0.507 e. The predicted octanol–water partition coefficient (Wildman–Crippen LogP) is 15.4. The lowest BCUT2D eigenvalue weighted by Crippen LogP contribution is -2.01. The highest BCUT2D eigenvalue weighted by molar-refractivity contribution is 7.14. The average molecular weight is 1310 g/mol. The van der Waals surface area contributed by atoms with Crippen LogP contribution in [0.25, 0.3) is 0 Å². The largest absolute Gasteiger partial charge is 0.507 e. The van der Waals surface area contributed by atoms with Gasteiger partial charge in [-0.1, -0.05) is 68.0 Å². The molecule has 12 aromatic rings. The van der Waals surface area contributed by atoms with Crippen molar-refractivity contribution in [1.82, 2.24) is 61.2 Å². The van der Waals surface area contributed by atoms with E-state index in [1.54, 1.807) is 72.8 Å². The molecule has 12 bridgehead atoms. The van der Waals surface area contributed by atoms with Crippen LogP contribution in [0.3, 0.4) is 0 Å². The fraction of sp³-hybridized carbons (Fsp3) is 0.111. The van der Waals surface area contributed by atoms with Crippen molar-refractivity contribution in [1.29, 1.82) is 0 Å². The van der Waals surface area contributed by atoms with Gasteiger partial charge in [0.1, 0.15) is 67.6 Å². The van der Waals surface area contributed by atoms with Gasteiger partial charge in [-0.3, -0.25) is 0 Å². The number of aromatic nitrogens is 12. The van der Waals surface area contributed by atoms with E-state index in [1.807, 2.05) is 0 Å². The van der Waals surface area contributed by atoms with Crippen molar-refractivity contribution < 1.29 is 30.6 Å². The number of aromatic hydroxyl groups is 6. The highest BCUT2D eigenvalue weighted by atomic mass is 32.1. The summed E-state index contributed by atoms with van der Waals surface area (Å²) in [5.41, 5.74) is 13.6. The summed E-state index contributed by atoms with van der Waals surface area (Å²) in [5, 5.41) is 177. The van der Waals surface area contributed by atoms with Crippen LogP contribution in [0.15, 0.2) is 167 Å². The van der Waals surface area contributed by atoms with Crippen LogP contribution >= 0.6 is 68.0 Å². The van der Waals surface area contributed by atoms with Crippen LogP contribution < -0.4 is 0 Å². The second-order valence-electron chi connectivity index (χ2n) is 19.3. The van der Waals surface area contributed by atoms with Crippen LogP contribution in [-0.2, 0) is 38.5 Å². The number of nitrogens with zero attached hydrogens (tertiary/aromatic N) is 24. The van der Waals surface area contributed by atoms with Crippen LogP contribution in [0, 0.1) is 0 Å². The van der Waals surface area contributed by atoms with E-state index in [-0.39, 0.29) is 205 Å². The average Bonchev–Trinajstić information content (AvgIpc) is 1.34. The molecule has 0 fully saturated rings. The van der Waals surface area contributed by atoms with Gasteiger partial charge in [0.25, 0.3) is 30.8 Å². The van der Waals surface area contributed by atoms with Crippen molar-refractivity contribution in [3.8, 4) is 34.5 Å². The molecule has 0 atom stereocenters. The molecule has 30 nitrogen and oxygen atoms in total. The van der Waals surface area contributed by atoms with E-state index in [1.165, 1.54) is 33.1 Å². The van der Waals surface area contributed by atoms with Gasteiger partial charge in [-0.15, -0.1) is 123 Å². The number of phenols is 6. The lowest BCUT2D eigenvalue weighted by atomic mass is 9.90. The minimum absolute atomic E-state index is 0.161. The lowest BCUT2D eigenvalue weighted by Gasteiger charge is -2.18. The van der Waals surface area contributed by atoms with Crippen LogP contribution in [0.2, 0.25) is 0 Å². The topological polar surface area (TPSA) is 424 Å². The number of azo groups is 6. The molecule has 0 unspecified atom stereocenters. The van der Waals surface area contributed by atoms with Gasteiger partial charge >= 0.3 is 0 Å². The number of rotatable bonds is 12. The molecule has 36 heteroatoms. The fourth-order valence-electron chi connectivity index (χ4n) is 9.51. The van der Waals surface area contributed by atoms with Crippen LogP contribution in [0.5, 0.6) is 34.5 Å². The smallest absolute Gasteiger partial charge is 0.251 e. The van der Waals surface area contributed by atoms with Gasteiger partial charge in [0, 0.05) is 105 Å². The number of phenolic OH excluding ortho intramolecular Hbond substituents is 6. The zero-order chi connectivity index (χ0) is 61.5. The molecule has 6 aromatic heterocycles. The first-order valence-corrected chi connectivity index (χ1v) is 31.4. The molecule has 1 aliphatic rings. The molecule has 0 saturated heterocycles. The first-order chi connectivity index (χ1) is 44.0. The molecule has 13 rings (SSSR count). The summed E-state index contributed by atoms with van der Waals surface area (Å²) in [6.07, 6.45) is -0.968. The summed E-state index contributed by atoms with van der Waals surface area (Å²) < 4.78 is 0. The molecule has 0 amide bonds. The minimum atomic E-state index is -0.231. The summed E-state index contributed by atoms with van der Waals surface area (Å²) in [7, 11) is 0. The van der Waals surface area contributed by atoms with Crippen LogP contribution in [0.1, 0.15) is 66.8 Å². The number of benzene rings is 6. The molecule has 6 aromatic carbocycles. The van der Waals surface area contributed by atoms with Crippen molar-refractivity contribution in [3.63, 3.8) is 0 Å². The molecule has 0 spiro atoms. The number of hydrogen-bond donors (Lipinski definition) is 6.